The molecule has 0 saturated carbocycles. The molecule has 0 saturated heterocycles. The SMILES string of the molecule is Cc1ccccc1NC(C(=O)c1cccnc1CCNCC(=O)Nc1ccc(C(=O)O)cc1)c1ccc2ncoc2c1. The number of para-hydroxylation sites is 1. The van der Waals surface area contributed by atoms with Crippen LogP contribution in [0.4, 0.5) is 11.4 Å². The van der Waals surface area contributed by atoms with Crippen LogP contribution >= 0.6 is 0 Å². The second-order valence-electron chi connectivity index (χ2n) is 9.69. The maximum atomic E-state index is 14.1. The van der Waals surface area contributed by atoms with Crippen LogP contribution in [0.15, 0.2) is 95.9 Å². The van der Waals surface area contributed by atoms with Gasteiger partial charge in [0, 0.05) is 36.1 Å². The first kappa shape index (κ1) is 28.2. The number of amides is 1. The van der Waals surface area contributed by atoms with E-state index in [0.717, 1.165) is 16.8 Å². The third-order valence-electron chi connectivity index (χ3n) is 6.79. The second-order valence-corrected chi connectivity index (χ2v) is 9.69. The predicted molar refractivity (Wildman–Crippen MR) is 159 cm³/mol. The van der Waals surface area contributed by atoms with Crippen molar-refractivity contribution in [3.8, 4) is 0 Å². The first-order valence-corrected chi connectivity index (χ1v) is 13.4. The number of carbonyl (C=O) groups excluding carboxylic acids is 2. The van der Waals surface area contributed by atoms with Gasteiger partial charge in [-0.3, -0.25) is 14.6 Å². The number of ketones is 1. The molecule has 4 N–H and O–H groups in total. The van der Waals surface area contributed by atoms with Gasteiger partial charge < -0.3 is 25.5 Å². The number of anilines is 2. The number of nitrogens with zero attached hydrogens (tertiary/aromatic N) is 2. The number of hydrogen-bond acceptors (Lipinski definition) is 8. The van der Waals surface area contributed by atoms with Crippen molar-refractivity contribution in [3.63, 3.8) is 0 Å². The van der Waals surface area contributed by atoms with Crippen LogP contribution in [-0.4, -0.2) is 45.8 Å². The minimum atomic E-state index is -1.03. The second kappa shape index (κ2) is 12.9. The first-order chi connectivity index (χ1) is 20.4. The zero-order valence-corrected chi connectivity index (χ0v) is 22.8. The Bertz CT molecular complexity index is 1730. The van der Waals surface area contributed by atoms with Crippen LogP contribution in [0.25, 0.3) is 11.1 Å². The van der Waals surface area contributed by atoms with Crippen LogP contribution in [0.5, 0.6) is 0 Å². The molecule has 1 unspecified atom stereocenters. The Morgan fingerprint density at radius 1 is 0.952 bits per heavy atom. The standard InChI is InChI=1S/C32H29N5O5/c1-20-5-2-3-7-25(20)37-30(22-10-13-27-28(17-22)42-19-35-27)31(39)24-6-4-15-34-26(24)14-16-33-18-29(38)36-23-11-8-21(9-12-23)32(40)41/h2-13,15,17,19,30,33,37H,14,16,18H2,1H3,(H,36,38)(H,40,41). The number of aromatic carboxylic acids is 1. The largest absolute Gasteiger partial charge is 0.478 e. The van der Waals surface area contributed by atoms with Crippen LogP contribution in [0.3, 0.4) is 0 Å². The average Bonchev–Trinajstić information content (AvgIpc) is 3.47. The number of aromatic nitrogens is 2. The highest BCUT2D eigenvalue weighted by atomic mass is 16.4. The van der Waals surface area contributed by atoms with E-state index in [4.69, 9.17) is 9.52 Å². The number of oxazole rings is 1. The molecule has 2 heterocycles. The molecule has 0 aliphatic heterocycles. The molecule has 10 heteroatoms. The Kier molecular flexibility index (Phi) is 8.64. The van der Waals surface area contributed by atoms with E-state index < -0.39 is 12.0 Å². The molecule has 0 aliphatic carbocycles. The number of fused-ring (bicyclic) bond motifs is 1. The topological polar surface area (TPSA) is 146 Å². The lowest BCUT2D eigenvalue weighted by molar-refractivity contribution is -0.115. The van der Waals surface area contributed by atoms with Crippen LogP contribution < -0.4 is 16.0 Å². The number of carboxylic acids is 1. The molecule has 0 radical (unpaired) electrons. The van der Waals surface area contributed by atoms with Crippen molar-refractivity contribution >= 4 is 40.1 Å². The van der Waals surface area contributed by atoms with Crippen molar-refractivity contribution in [3.05, 3.63) is 119 Å². The van der Waals surface area contributed by atoms with Crippen molar-refractivity contribution in [2.24, 2.45) is 0 Å². The van der Waals surface area contributed by atoms with Crippen LogP contribution in [-0.2, 0) is 11.2 Å². The normalized spacial score (nSPS) is 11.6. The lowest BCUT2D eigenvalue weighted by atomic mass is 9.94. The van der Waals surface area contributed by atoms with Gasteiger partial charge in [0.05, 0.1) is 17.8 Å². The summed E-state index contributed by atoms with van der Waals surface area (Å²) in [6.07, 6.45) is 3.44. The van der Waals surface area contributed by atoms with Gasteiger partial charge in [-0.2, -0.15) is 0 Å². The first-order valence-electron chi connectivity index (χ1n) is 13.4. The summed E-state index contributed by atoms with van der Waals surface area (Å²) in [6.45, 7) is 2.42. The number of pyridine rings is 1. The average molecular weight is 564 g/mol. The minimum absolute atomic E-state index is 0.0332. The van der Waals surface area contributed by atoms with Crippen LogP contribution in [0.1, 0.15) is 43.6 Å². The van der Waals surface area contributed by atoms with E-state index in [1.54, 1.807) is 18.3 Å². The summed E-state index contributed by atoms with van der Waals surface area (Å²) < 4.78 is 5.50. The van der Waals surface area contributed by atoms with E-state index in [0.29, 0.717) is 41.0 Å². The predicted octanol–water partition coefficient (Wildman–Crippen LogP) is 5.04. The van der Waals surface area contributed by atoms with Gasteiger partial charge in [0.15, 0.2) is 17.8 Å². The molecular formula is C32H29N5O5. The van der Waals surface area contributed by atoms with Crippen LogP contribution in [0.2, 0.25) is 0 Å². The van der Waals surface area contributed by atoms with E-state index in [1.807, 2.05) is 49.4 Å². The van der Waals surface area contributed by atoms with Crippen molar-refractivity contribution in [2.45, 2.75) is 19.4 Å². The van der Waals surface area contributed by atoms with Gasteiger partial charge in [-0.25, -0.2) is 9.78 Å². The number of rotatable bonds is 12. The zero-order valence-electron chi connectivity index (χ0n) is 22.8. The maximum absolute atomic E-state index is 14.1. The Labute approximate surface area is 241 Å². The van der Waals surface area contributed by atoms with Gasteiger partial charge in [0.2, 0.25) is 5.91 Å². The number of aryl methyl sites for hydroxylation is 1. The lowest BCUT2D eigenvalue weighted by Crippen LogP contribution is -2.30. The molecule has 10 nitrogen and oxygen atoms in total. The Hall–Kier alpha value is -5.35. The quantitative estimate of drug-likeness (QED) is 0.121. The Morgan fingerprint density at radius 2 is 1.76 bits per heavy atom. The lowest BCUT2D eigenvalue weighted by Gasteiger charge is -2.22. The highest BCUT2D eigenvalue weighted by molar-refractivity contribution is 6.03. The summed E-state index contributed by atoms with van der Waals surface area (Å²) in [7, 11) is 0. The van der Waals surface area contributed by atoms with E-state index in [9.17, 15) is 14.4 Å². The fraction of sp³-hybridized carbons (Fsp3) is 0.156. The highest BCUT2D eigenvalue weighted by Crippen LogP contribution is 2.28. The molecule has 5 aromatic rings. The molecule has 1 atom stereocenters. The monoisotopic (exact) mass is 563 g/mol. The maximum Gasteiger partial charge on any atom is 0.335 e. The van der Waals surface area contributed by atoms with Crippen molar-refractivity contribution < 1.29 is 23.9 Å². The fourth-order valence-corrected chi connectivity index (χ4v) is 4.57. The Morgan fingerprint density at radius 3 is 2.55 bits per heavy atom. The van der Waals surface area contributed by atoms with E-state index in [2.05, 4.69) is 25.9 Å². The molecule has 212 valence electrons. The highest BCUT2D eigenvalue weighted by Gasteiger charge is 2.26. The number of Topliss-reactive ketones (excluding diaryl/α,β-unsaturated/α-hetero) is 1. The van der Waals surface area contributed by atoms with Gasteiger partial charge in [0.1, 0.15) is 11.6 Å². The Balaban J connectivity index is 1.28. The molecule has 2 aromatic heterocycles. The zero-order chi connectivity index (χ0) is 29.5. The van der Waals surface area contributed by atoms with Crippen molar-refractivity contribution in [1.82, 2.24) is 15.3 Å². The molecular weight excluding hydrogens is 534 g/mol. The summed E-state index contributed by atoms with van der Waals surface area (Å²) in [5, 5.41) is 18.2. The number of carboxylic acid groups (broad SMARTS) is 1. The van der Waals surface area contributed by atoms with E-state index in [1.165, 1.54) is 30.7 Å². The summed E-state index contributed by atoms with van der Waals surface area (Å²) in [5.41, 5.74) is 5.59. The third-order valence-corrected chi connectivity index (χ3v) is 6.79. The smallest absolute Gasteiger partial charge is 0.335 e. The molecule has 5 rings (SSSR count). The van der Waals surface area contributed by atoms with Gasteiger partial charge >= 0.3 is 5.97 Å². The molecule has 0 fully saturated rings. The molecule has 3 aromatic carbocycles. The summed E-state index contributed by atoms with van der Waals surface area (Å²) in [4.78, 5) is 46.1. The van der Waals surface area contributed by atoms with Crippen molar-refractivity contribution in [1.29, 1.82) is 0 Å². The summed E-state index contributed by atoms with van der Waals surface area (Å²) in [6, 6.07) is 22.0. The molecule has 42 heavy (non-hydrogen) atoms. The number of carbonyl (C=O) groups is 3. The summed E-state index contributed by atoms with van der Waals surface area (Å²) in [5.74, 6) is -1.46. The molecule has 0 bridgehead atoms. The van der Waals surface area contributed by atoms with Gasteiger partial charge in [-0.1, -0.05) is 24.3 Å². The van der Waals surface area contributed by atoms with Gasteiger partial charge in [-0.05, 0) is 72.6 Å². The van der Waals surface area contributed by atoms with E-state index >= 15 is 0 Å². The fourth-order valence-electron chi connectivity index (χ4n) is 4.57. The molecule has 0 spiro atoms. The number of nitrogens with one attached hydrogen (secondary N) is 3. The van der Waals surface area contributed by atoms with Gasteiger partial charge in [0.25, 0.3) is 0 Å². The van der Waals surface area contributed by atoms with Gasteiger partial charge in [-0.15, -0.1) is 0 Å². The molecule has 1 amide bonds. The number of benzene rings is 3. The van der Waals surface area contributed by atoms with E-state index in [-0.39, 0.29) is 23.8 Å². The summed E-state index contributed by atoms with van der Waals surface area (Å²) >= 11 is 0. The third kappa shape index (κ3) is 6.68. The molecule has 0 aliphatic rings. The number of hydrogen-bond donors (Lipinski definition) is 4. The van der Waals surface area contributed by atoms with Crippen molar-refractivity contribution in [2.75, 3.05) is 23.7 Å². The van der Waals surface area contributed by atoms with Crippen LogP contribution in [0, 0.1) is 6.92 Å². The minimum Gasteiger partial charge on any atom is -0.478 e.